The standard InChI is InChI=1S/C20H16F3N3O3/c1-25(13-19(27)28)12-16-17(26-10-3-2-7-18(26)24-16)9-8-14-5-4-6-15(11-14)29-20(21,22)23/h2-7,10-11H,12-13H2,1H3,(H,27,28). The van der Waals surface area contributed by atoms with Crippen LogP contribution in [0.4, 0.5) is 13.2 Å². The first kappa shape index (κ1) is 20.2. The van der Waals surface area contributed by atoms with E-state index in [1.165, 1.54) is 18.2 Å². The van der Waals surface area contributed by atoms with Crippen molar-refractivity contribution in [2.75, 3.05) is 13.6 Å². The van der Waals surface area contributed by atoms with E-state index in [0.29, 0.717) is 22.6 Å². The lowest BCUT2D eigenvalue weighted by Crippen LogP contribution is -2.25. The van der Waals surface area contributed by atoms with Crippen LogP contribution in [-0.4, -0.2) is 45.3 Å². The molecule has 2 aromatic heterocycles. The van der Waals surface area contributed by atoms with Crippen molar-refractivity contribution in [3.8, 4) is 17.6 Å². The zero-order valence-corrected chi connectivity index (χ0v) is 15.3. The van der Waals surface area contributed by atoms with Gasteiger partial charge in [-0.1, -0.05) is 18.1 Å². The van der Waals surface area contributed by atoms with Gasteiger partial charge in [0, 0.05) is 18.3 Å². The maximum absolute atomic E-state index is 12.4. The van der Waals surface area contributed by atoms with Crippen molar-refractivity contribution >= 4 is 11.6 Å². The number of rotatable bonds is 5. The van der Waals surface area contributed by atoms with Gasteiger partial charge in [-0.05, 0) is 43.3 Å². The molecule has 0 fully saturated rings. The van der Waals surface area contributed by atoms with Crippen LogP contribution in [0.2, 0.25) is 0 Å². The number of carboxylic acids is 1. The number of hydrogen-bond donors (Lipinski definition) is 1. The number of hydrogen-bond acceptors (Lipinski definition) is 4. The number of aliphatic carboxylic acids is 1. The lowest BCUT2D eigenvalue weighted by Gasteiger charge is -2.12. The van der Waals surface area contributed by atoms with Crippen LogP contribution in [0.3, 0.4) is 0 Å². The van der Waals surface area contributed by atoms with Crippen molar-refractivity contribution in [1.29, 1.82) is 0 Å². The average Bonchev–Trinajstić information content (AvgIpc) is 2.95. The van der Waals surface area contributed by atoms with Gasteiger partial charge in [0.1, 0.15) is 17.1 Å². The van der Waals surface area contributed by atoms with Crippen molar-refractivity contribution in [3.63, 3.8) is 0 Å². The number of carboxylic acid groups (broad SMARTS) is 1. The summed E-state index contributed by atoms with van der Waals surface area (Å²) in [4.78, 5) is 17.0. The number of likely N-dealkylation sites (N-methyl/N-ethyl adjacent to an activating group) is 1. The summed E-state index contributed by atoms with van der Waals surface area (Å²) in [5, 5.41) is 8.94. The van der Waals surface area contributed by atoms with Crippen molar-refractivity contribution in [2.45, 2.75) is 12.9 Å². The highest BCUT2D eigenvalue weighted by Gasteiger charge is 2.31. The molecule has 0 spiro atoms. The molecule has 150 valence electrons. The maximum atomic E-state index is 12.4. The summed E-state index contributed by atoms with van der Waals surface area (Å²) in [6.07, 6.45) is -3.02. The van der Waals surface area contributed by atoms with Crippen LogP contribution < -0.4 is 4.74 Å². The average molecular weight is 403 g/mol. The van der Waals surface area contributed by atoms with Crippen molar-refractivity contribution in [1.82, 2.24) is 14.3 Å². The van der Waals surface area contributed by atoms with Crippen molar-refractivity contribution in [3.05, 3.63) is 65.6 Å². The zero-order chi connectivity index (χ0) is 21.0. The van der Waals surface area contributed by atoms with Gasteiger partial charge in [-0.15, -0.1) is 13.2 Å². The van der Waals surface area contributed by atoms with E-state index in [2.05, 4.69) is 21.6 Å². The SMILES string of the molecule is CN(CC(=O)O)Cc1nc2ccccn2c1C#Cc1cccc(OC(F)(F)F)c1. The molecule has 0 bridgehead atoms. The van der Waals surface area contributed by atoms with Gasteiger partial charge in [-0.3, -0.25) is 14.1 Å². The fraction of sp³-hybridized carbons (Fsp3) is 0.200. The number of benzene rings is 1. The van der Waals surface area contributed by atoms with E-state index in [1.807, 2.05) is 6.07 Å². The maximum Gasteiger partial charge on any atom is 0.573 e. The van der Waals surface area contributed by atoms with Gasteiger partial charge in [-0.2, -0.15) is 0 Å². The molecule has 0 aliphatic heterocycles. The number of aromatic nitrogens is 2. The Bertz CT molecular complexity index is 1100. The van der Waals surface area contributed by atoms with Crippen molar-refractivity contribution in [2.24, 2.45) is 0 Å². The predicted octanol–water partition coefficient (Wildman–Crippen LogP) is 3.15. The molecule has 6 nitrogen and oxygen atoms in total. The Morgan fingerprint density at radius 2 is 2.03 bits per heavy atom. The Balaban J connectivity index is 1.95. The van der Waals surface area contributed by atoms with E-state index in [1.54, 1.807) is 40.7 Å². The molecular formula is C20H16F3N3O3. The summed E-state index contributed by atoms with van der Waals surface area (Å²) in [7, 11) is 1.65. The third-order valence-electron chi connectivity index (χ3n) is 3.82. The molecule has 0 saturated carbocycles. The van der Waals surface area contributed by atoms with E-state index >= 15 is 0 Å². The fourth-order valence-corrected chi connectivity index (χ4v) is 2.73. The van der Waals surface area contributed by atoms with E-state index in [-0.39, 0.29) is 18.8 Å². The monoisotopic (exact) mass is 403 g/mol. The summed E-state index contributed by atoms with van der Waals surface area (Å²) in [6.45, 7) is 0.0762. The molecule has 29 heavy (non-hydrogen) atoms. The molecule has 2 heterocycles. The molecule has 9 heteroatoms. The summed E-state index contributed by atoms with van der Waals surface area (Å²) in [6, 6.07) is 10.8. The normalized spacial score (nSPS) is 11.3. The molecule has 0 unspecified atom stereocenters. The van der Waals surface area contributed by atoms with Gasteiger partial charge in [0.05, 0.1) is 12.2 Å². The first-order valence-corrected chi connectivity index (χ1v) is 8.45. The molecule has 0 radical (unpaired) electrons. The molecule has 0 saturated heterocycles. The molecular weight excluding hydrogens is 387 g/mol. The van der Waals surface area contributed by atoms with Gasteiger partial charge < -0.3 is 9.84 Å². The van der Waals surface area contributed by atoms with Crippen LogP contribution >= 0.6 is 0 Å². The van der Waals surface area contributed by atoms with Gasteiger partial charge in [0.15, 0.2) is 0 Å². The third kappa shape index (κ3) is 5.49. The van der Waals surface area contributed by atoms with E-state index < -0.39 is 12.3 Å². The lowest BCUT2D eigenvalue weighted by molar-refractivity contribution is -0.274. The number of pyridine rings is 1. The molecule has 3 rings (SSSR count). The fourth-order valence-electron chi connectivity index (χ4n) is 2.73. The number of halogens is 3. The van der Waals surface area contributed by atoms with E-state index in [4.69, 9.17) is 5.11 Å². The minimum Gasteiger partial charge on any atom is -0.480 e. The van der Waals surface area contributed by atoms with Gasteiger partial charge in [0.25, 0.3) is 0 Å². The van der Waals surface area contributed by atoms with E-state index in [9.17, 15) is 18.0 Å². The van der Waals surface area contributed by atoms with Crippen LogP contribution in [0, 0.1) is 11.8 Å². The number of fused-ring (bicyclic) bond motifs is 1. The van der Waals surface area contributed by atoms with Crippen LogP contribution in [0.5, 0.6) is 5.75 Å². The molecule has 0 amide bonds. The molecule has 0 atom stereocenters. The molecule has 1 N–H and O–H groups in total. The number of nitrogens with zero attached hydrogens (tertiary/aromatic N) is 3. The van der Waals surface area contributed by atoms with Gasteiger partial charge in [0.2, 0.25) is 0 Å². The van der Waals surface area contributed by atoms with Crippen molar-refractivity contribution < 1.29 is 27.8 Å². The highest BCUT2D eigenvalue weighted by molar-refractivity contribution is 5.69. The number of ether oxygens (including phenoxy) is 1. The Hall–Kier alpha value is -3.51. The Morgan fingerprint density at radius 1 is 1.24 bits per heavy atom. The van der Waals surface area contributed by atoms with Crippen LogP contribution in [-0.2, 0) is 11.3 Å². The molecule has 0 aliphatic rings. The highest BCUT2D eigenvalue weighted by Crippen LogP contribution is 2.23. The first-order valence-electron chi connectivity index (χ1n) is 8.45. The smallest absolute Gasteiger partial charge is 0.480 e. The minimum absolute atomic E-state index is 0.169. The van der Waals surface area contributed by atoms with Gasteiger partial charge >= 0.3 is 12.3 Å². The van der Waals surface area contributed by atoms with Crippen LogP contribution in [0.25, 0.3) is 5.65 Å². The second kappa shape index (κ2) is 8.24. The second-order valence-corrected chi connectivity index (χ2v) is 6.23. The van der Waals surface area contributed by atoms with E-state index in [0.717, 1.165) is 0 Å². The zero-order valence-electron chi connectivity index (χ0n) is 15.3. The van der Waals surface area contributed by atoms with Crippen LogP contribution in [0.15, 0.2) is 48.7 Å². The third-order valence-corrected chi connectivity index (χ3v) is 3.82. The summed E-state index contributed by atoms with van der Waals surface area (Å²) < 4.78 is 42.9. The summed E-state index contributed by atoms with van der Waals surface area (Å²) in [5.41, 5.74) is 2.06. The first-order chi connectivity index (χ1) is 13.7. The highest BCUT2D eigenvalue weighted by atomic mass is 19.4. The summed E-state index contributed by atoms with van der Waals surface area (Å²) >= 11 is 0. The Labute approximate surface area is 164 Å². The molecule has 0 aliphatic carbocycles. The number of carbonyl (C=O) groups is 1. The van der Waals surface area contributed by atoms with Crippen LogP contribution in [0.1, 0.15) is 17.0 Å². The Kier molecular flexibility index (Phi) is 5.75. The molecule has 3 aromatic rings. The topological polar surface area (TPSA) is 67.1 Å². The summed E-state index contributed by atoms with van der Waals surface area (Å²) in [5.74, 6) is 4.44. The predicted molar refractivity (Wildman–Crippen MR) is 98.3 cm³/mol. The van der Waals surface area contributed by atoms with Gasteiger partial charge in [-0.25, -0.2) is 4.98 Å². The Morgan fingerprint density at radius 3 is 2.76 bits per heavy atom. The minimum atomic E-state index is -4.78. The lowest BCUT2D eigenvalue weighted by atomic mass is 10.2. The largest absolute Gasteiger partial charge is 0.573 e. The number of alkyl halides is 3. The number of imidazole rings is 1. The quantitative estimate of drug-likeness (QED) is 0.663. The molecule has 1 aromatic carbocycles. The second-order valence-electron chi connectivity index (χ2n) is 6.23.